The summed E-state index contributed by atoms with van der Waals surface area (Å²) in [5.74, 6) is -1.59. The fraction of sp³-hybridized carbons (Fsp3) is 0.455. The Bertz CT molecular complexity index is 419. The molecule has 0 bridgehead atoms. The number of phosphoric ester groups is 1. The summed E-state index contributed by atoms with van der Waals surface area (Å²) in [5.41, 5.74) is 0.158. The molecule has 0 rings (SSSR count). The van der Waals surface area contributed by atoms with Crippen molar-refractivity contribution in [3.05, 3.63) is 24.3 Å². The lowest BCUT2D eigenvalue weighted by molar-refractivity contribution is -0.346. The molecule has 0 radical (unpaired) electrons. The highest BCUT2D eigenvalue weighted by Crippen LogP contribution is 2.27. The van der Waals surface area contributed by atoms with Gasteiger partial charge in [0, 0.05) is 11.1 Å². The van der Waals surface area contributed by atoms with Crippen LogP contribution in [0.5, 0.6) is 0 Å². The number of carbonyl (C=O) groups is 2. The number of phosphoric acid groups is 1. The Labute approximate surface area is 116 Å². The van der Waals surface area contributed by atoms with Gasteiger partial charge >= 0.3 is 11.9 Å². The maximum atomic E-state index is 11.1. The van der Waals surface area contributed by atoms with E-state index in [-0.39, 0.29) is 11.1 Å². The Morgan fingerprint density at radius 1 is 1.05 bits per heavy atom. The van der Waals surface area contributed by atoms with Crippen LogP contribution < -0.4 is 9.79 Å². The first-order chi connectivity index (χ1) is 9.03. The zero-order valence-electron chi connectivity index (χ0n) is 11.1. The Morgan fingerprint density at radius 2 is 1.40 bits per heavy atom. The normalized spacial score (nSPS) is 11.1. The van der Waals surface area contributed by atoms with Crippen molar-refractivity contribution in [3.8, 4) is 0 Å². The van der Waals surface area contributed by atoms with Crippen molar-refractivity contribution in [2.24, 2.45) is 0 Å². The van der Waals surface area contributed by atoms with Crippen LogP contribution in [0, 0.1) is 0 Å². The first kappa shape index (κ1) is 18.5. The third kappa shape index (κ3) is 8.60. The third-order valence-corrected chi connectivity index (χ3v) is 2.33. The minimum atomic E-state index is -5.32. The van der Waals surface area contributed by atoms with E-state index >= 15 is 0 Å². The summed E-state index contributed by atoms with van der Waals surface area (Å²) in [6.07, 6.45) is -1.43. The summed E-state index contributed by atoms with van der Waals surface area (Å²) in [6.45, 7) is 8.23. The molecule has 0 aromatic heterocycles. The molecule has 0 aromatic rings. The largest absolute Gasteiger partial charge is 0.790 e. The first-order valence-electron chi connectivity index (χ1n) is 5.38. The lowest BCUT2D eigenvalue weighted by Crippen LogP contribution is -2.32. The minimum Gasteiger partial charge on any atom is -0.790 e. The Hall–Kier alpha value is -1.47. The summed E-state index contributed by atoms with van der Waals surface area (Å²) in [6, 6.07) is 0. The van der Waals surface area contributed by atoms with E-state index in [2.05, 4.69) is 27.2 Å². The molecular formula is C11H15O8P-2. The van der Waals surface area contributed by atoms with E-state index in [1.165, 1.54) is 13.8 Å². The van der Waals surface area contributed by atoms with Crippen molar-refractivity contribution < 1.29 is 37.9 Å². The molecule has 0 aliphatic carbocycles. The quantitative estimate of drug-likeness (QED) is 0.332. The van der Waals surface area contributed by atoms with Gasteiger partial charge in [0.05, 0.1) is 7.82 Å². The lowest BCUT2D eigenvalue weighted by Gasteiger charge is -2.32. The molecule has 0 spiro atoms. The first-order valence-corrected chi connectivity index (χ1v) is 6.84. The Morgan fingerprint density at radius 3 is 1.65 bits per heavy atom. The van der Waals surface area contributed by atoms with Gasteiger partial charge in [-0.25, -0.2) is 9.59 Å². The summed E-state index contributed by atoms with van der Waals surface area (Å²) in [7, 11) is -5.32. The number of ether oxygens (including phenoxy) is 2. The van der Waals surface area contributed by atoms with Crippen LogP contribution in [0.4, 0.5) is 0 Å². The van der Waals surface area contributed by atoms with E-state index in [9.17, 15) is 23.9 Å². The Balaban J connectivity index is 4.53. The van der Waals surface area contributed by atoms with Gasteiger partial charge in [0.2, 0.25) is 0 Å². The van der Waals surface area contributed by atoms with Gasteiger partial charge in [-0.3, -0.25) is 0 Å². The molecule has 0 amide bonds. The topological polar surface area (TPSA) is 125 Å². The molecule has 9 heteroatoms. The monoisotopic (exact) mass is 306 g/mol. The minimum absolute atomic E-state index is 0.0788. The number of hydrogen-bond acceptors (Lipinski definition) is 8. The molecule has 0 saturated carbocycles. The second-order valence-corrected chi connectivity index (χ2v) is 5.04. The van der Waals surface area contributed by atoms with Crippen LogP contribution in [0.15, 0.2) is 24.3 Å². The van der Waals surface area contributed by atoms with Crippen LogP contribution in [0.2, 0.25) is 0 Å². The van der Waals surface area contributed by atoms with Crippen LogP contribution in [-0.2, 0) is 28.2 Å². The summed E-state index contributed by atoms with van der Waals surface area (Å²) in [5, 5.41) is 0. The van der Waals surface area contributed by atoms with Crippen molar-refractivity contribution in [1.29, 1.82) is 0 Å². The molecule has 0 aliphatic heterocycles. The summed E-state index contributed by atoms with van der Waals surface area (Å²) < 4.78 is 23.9. The van der Waals surface area contributed by atoms with Crippen LogP contribution in [0.3, 0.4) is 0 Å². The summed E-state index contributed by atoms with van der Waals surface area (Å²) in [4.78, 5) is 43.3. The molecule has 0 saturated heterocycles. The highest BCUT2D eigenvalue weighted by Gasteiger charge is 2.17. The molecule has 0 heterocycles. The molecule has 0 unspecified atom stereocenters. The van der Waals surface area contributed by atoms with E-state index in [1.54, 1.807) is 0 Å². The van der Waals surface area contributed by atoms with E-state index in [4.69, 9.17) is 0 Å². The van der Waals surface area contributed by atoms with Gasteiger partial charge in [0.15, 0.2) is 0 Å². The number of esters is 2. The van der Waals surface area contributed by atoms with Crippen LogP contribution >= 0.6 is 7.82 Å². The molecule has 114 valence electrons. The second-order valence-electron chi connectivity index (χ2n) is 3.93. The fourth-order valence-electron chi connectivity index (χ4n) is 0.875. The van der Waals surface area contributed by atoms with Gasteiger partial charge in [-0.2, -0.15) is 0 Å². The molecule has 0 aromatic carbocycles. The van der Waals surface area contributed by atoms with Crippen molar-refractivity contribution in [2.45, 2.75) is 20.0 Å². The molecule has 0 aliphatic rings. The molecular weight excluding hydrogens is 291 g/mol. The van der Waals surface area contributed by atoms with Crippen molar-refractivity contribution in [3.63, 3.8) is 0 Å². The van der Waals surface area contributed by atoms with E-state index in [1.807, 2.05) is 0 Å². The summed E-state index contributed by atoms with van der Waals surface area (Å²) >= 11 is 0. The number of carbonyl (C=O) groups excluding carboxylic acids is 2. The third-order valence-electron chi connectivity index (χ3n) is 1.78. The smallest absolute Gasteiger partial charge is 0.333 e. The molecule has 0 fully saturated rings. The van der Waals surface area contributed by atoms with Gasteiger partial charge in [-0.05, 0) is 13.8 Å². The molecule has 20 heavy (non-hydrogen) atoms. The molecule has 8 nitrogen and oxygen atoms in total. The number of rotatable bonds is 8. The van der Waals surface area contributed by atoms with E-state index in [0.29, 0.717) is 0 Å². The Kier molecular flexibility index (Phi) is 7.38. The van der Waals surface area contributed by atoms with Gasteiger partial charge in [0.25, 0.3) is 0 Å². The van der Waals surface area contributed by atoms with E-state index in [0.717, 1.165) is 0 Å². The fourth-order valence-corrected chi connectivity index (χ4v) is 1.36. The van der Waals surface area contributed by atoms with Crippen molar-refractivity contribution >= 4 is 19.8 Å². The van der Waals surface area contributed by atoms with Gasteiger partial charge in [0.1, 0.15) is 19.3 Å². The van der Waals surface area contributed by atoms with Crippen molar-refractivity contribution in [2.75, 3.05) is 13.2 Å². The highest BCUT2D eigenvalue weighted by atomic mass is 31.2. The average molecular weight is 306 g/mol. The van der Waals surface area contributed by atoms with Gasteiger partial charge < -0.3 is 28.3 Å². The maximum Gasteiger partial charge on any atom is 0.333 e. The predicted molar refractivity (Wildman–Crippen MR) is 64.0 cm³/mol. The maximum absolute atomic E-state index is 11.1. The highest BCUT2D eigenvalue weighted by molar-refractivity contribution is 7.43. The second kappa shape index (κ2) is 7.96. The zero-order valence-corrected chi connectivity index (χ0v) is 12.0. The van der Waals surface area contributed by atoms with E-state index < -0.39 is 39.1 Å². The van der Waals surface area contributed by atoms with Gasteiger partial charge in [-0.15, -0.1) is 0 Å². The molecule has 0 N–H and O–H groups in total. The van der Waals surface area contributed by atoms with Crippen molar-refractivity contribution in [1.82, 2.24) is 0 Å². The predicted octanol–water partition coefficient (Wildman–Crippen LogP) is -0.561. The number of hydrogen-bond donors (Lipinski definition) is 0. The van der Waals surface area contributed by atoms with Crippen LogP contribution in [0.1, 0.15) is 13.8 Å². The SMILES string of the molecule is C=C(C)C(=O)OCC(COC(=O)C(=C)C)OP(=O)([O-])[O-]. The van der Waals surface area contributed by atoms with Crippen LogP contribution in [-0.4, -0.2) is 31.3 Å². The van der Waals surface area contributed by atoms with Gasteiger partial charge in [-0.1, -0.05) is 13.2 Å². The standard InChI is InChI=1S/C11H17O8P/c1-7(2)10(12)17-5-9(19-20(14,15)16)6-18-11(13)8(3)4/h9H,1,3,5-6H2,2,4H3,(H2,14,15,16)/p-2. The molecule has 0 atom stereocenters. The average Bonchev–Trinajstić information content (AvgIpc) is 2.29. The zero-order chi connectivity index (χ0) is 15.9. The van der Waals surface area contributed by atoms with Crippen LogP contribution in [0.25, 0.3) is 0 Å². The lowest BCUT2D eigenvalue weighted by atomic mass is 10.3.